The zero-order valence-electron chi connectivity index (χ0n) is 10.8. The van der Waals surface area contributed by atoms with E-state index in [0.717, 1.165) is 31.6 Å². The van der Waals surface area contributed by atoms with Crippen molar-refractivity contribution in [3.05, 3.63) is 45.7 Å². The highest BCUT2D eigenvalue weighted by atomic mass is 35.5. The Labute approximate surface area is 125 Å². The van der Waals surface area contributed by atoms with Gasteiger partial charge in [0.05, 0.1) is 0 Å². The van der Waals surface area contributed by atoms with Crippen LogP contribution in [-0.4, -0.2) is 28.6 Å². The molecular formula is C14H14ClN3OS. The van der Waals surface area contributed by atoms with E-state index in [1.54, 1.807) is 4.90 Å². The van der Waals surface area contributed by atoms with Gasteiger partial charge in [0, 0.05) is 35.4 Å². The number of halogens is 1. The summed E-state index contributed by atoms with van der Waals surface area (Å²) in [7, 11) is 0. The summed E-state index contributed by atoms with van der Waals surface area (Å²) in [5.41, 5.74) is 0.948. The molecule has 6 heteroatoms. The van der Waals surface area contributed by atoms with Crippen LogP contribution in [0.1, 0.15) is 12.8 Å². The topological polar surface area (TPSA) is 37.6 Å². The van der Waals surface area contributed by atoms with Crippen molar-refractivity contribution in [3.8, 4) is 5.69 Å². The van der Waals surface area contributed by atoms with Crippen molar-refractivity contribution in [1.82, 2.24) is 9.47 Å². The van der Waals surface area contributed by atoms with E-state index in [1.165, 1.54) is 11.3 Å². The number of amides is 2. The van der Waals surface area contributed by atoms with Crippen LogP contribution in [0, 0.1) is 0 Å². The number of likely N-dealkylation sites (tertiary alicyclic amines) is 1. The molecule has 0 saturated carbocycles. The molecular weight excluding hydrogens is 294 g/mol. The minimum Gasteiger partial charge on any atom is -0.323 e. The van der Waals surface area contributed by atoms with Crippen LogP contribution in [0.5, 0.6) is 0 Å². The molecule has 0 unspecified atom stereocenters. The quantitative estimate of drug-likeness (QED) is 0.796. The van der Waals surface area contributed by atoms with Gasteiger partial charge in [-0.2, -0.15) is 4.99 Å². The van der Waals surface area contributed by atoms with Crippen molar-refractivity contribution in [1.29, 1.82) is 0 Å². The summed E-state index contributed by atoms with van der Waals surface area (Å²) < 4.78 is 1.90. The van der Waals surface area contributed by atoms with Crippen molar-refractivity contribution in [2.45, 2.75) is 12.8 Å². The minimum atomic E-state index is -0.146. The molecule has 1 aromatic heterocycles. The molecule has 2 amide bonds. The summed E-state index contributed by atoms with van der Waals surface area (Å²) >= 11 is 7.34. The zero-order valence-corrected chi connectivity index (χ0v) is 12.4. The number of rotatable bonds is 1. The molecule has 3 rings (SSSR count). The number of carbonyl (C=O) groups excluding carboxylic acids is 1. The number of hydrogen-bond donors (Lipinski definition) is 0. The lowest BCUT2D eigenvalue weighted by Gasteiger charge is -2.10. The van der Waals surface area contributed by atoms with Gasteiger partial charge in [-0.25, -0.2) is 4.79 Å². The third-order valence-electron chi connectivity index (χ3n) is 3.26. The summed E-state index contributed by atoms with van der Waals surface area (Å²) in [5.74, 6) is 0. The van der Waals surface area contributed by atoms with Crippen LogP contribution in [0.3, 0.4) is 0 Å². The molecule has 0 N–H and O–H groups in total. The van der Waals surface area contributed by atoms with Gasteiger partial charge < -0.3 is 4.90 Å². The van der Waals surface area contributed by atoms with E-state index in [1.807, 2.05) is 40.4 Å². The maximum absolute atomic E-state index is 12.1. The molecule has 2 aromatic rings. The highest BCUT2D eigenvalue weighted by molar-refractivity contribution is 7.07. The number of aromatic nitrogens is 1. The maximum Gasteiger partial charge on any atom is 0.346 e. The first-order valence-corrected chi connectivity index (χ1v) is 7.75. The van der Waals surface area contributed by atoms with Gasteiger partial charge in [-0.05, 0) is 37.1 Å². The standard InChI is InChI=1S/C14H14ClN3OS/c15-11-3-5-12(6-4-11)18-9-10-20-14(18)16-13(19)17-7-1-2-8-17/h3-6,9-10H,1-2,7-8H2/b16-14-. The van der Waals surface area contributed by atoms with Crippen molar-refractivity contribution in [2.75, 3.05) is 13.1 Å². The van der Waals surface area contributed by atoms with E-state index >= 15 is 0 Å². The molecule has 0 spiro atoms. The molecule has 0 atom stereocenters. The molecule has 104 valence electrons. The Kier molecular flexibility index (Phi) is 3.89. The van der Waals surface area contributed by atoms with Crippen molar-refractivity contribution in [3.63, 3.8) is 0 Å². The first-order chi connectivity index (χ1) is 9.74. The number of thiazole rings is 1. The predicted octanol–water partition coefficient (Wildman–Crippen LogP) is 3.31. The number of nitrogens with zero attached hydrogens (tertiary/aromatic N) is 3. The molecule has 0 aliphatic carbocycles. The zero-order chi connectivity index (χ0) is 13.9. The molecule has 1 fully saturated rings. The molecule has 4 nitrogen and oxygen atoms in total. The highest BCUT2D eigenvalue weighted by Crippen LogP contribution is 2.13. The highest BCUT2D eigenvalue weighted by Gasteiger charge is 2.17. The lowest BCUT2D eigenvalue weighted by atomic mass is 10.3. The minimum absolute atomic E-state index is 0.146. The Hall–Kier alpha value is -1.59. The van der Waals surface area contributed by atoms with Gasteiger partial charge in [0.1, 0.15) is 0 Å². The van der Waals surface area contributed by atoms with Crippen LogP contribution in [0.2, 0.25) is 5.02 Å². The molecule has 1 aliphatic rings. The third kappa shape index (κ3) is 2.78. The van der Waals surface area contributed by atoms with Gasteiger partial charge in [0.15, 0.2) is 4.80 Å². The largest absolute Gasteiger partial charge is 0.346 e. The number of carbonyl (C=O) groups is 1. The second-order valence-electron chi connectivity index (χ2n) is 4.62. The number of benzene rings is 1. The lowest BCUT2D eigenvalue weighted by molar-refractivity contribution is 0.218. The lowest BCUT2D eigenvalue weighted by Crippen LogP contribution is -2.27. The summed E-state index contributed by atoms with van der Waals surface area (Å²) in [6, 6.07) is 7.33. The van der Waals surface area contributed by atoms with E-state index in [4.69, 9.17) is 11.6 Å². The van der Waals surface area contributed by atoms with Gasteiger partial charge in [0.2, 0.25) is 0 Å². The predicted molar refractivity (Wildman–Crippen MR) is 80.4 cm³/mol. The molecule has 1 aliphatic heterocycles. The summed E-state index contributed by atoms with van der Waals surface area (Å²) in [6.45, 7) is 1.63. The summed E-state index contributed by atoms with van der Waals surface area (Å²) in [6.07, 6.45) is 4.05. The van der Waals surface area contributed by atoms with E-state index in [2.05, 4.69) is 4.99 Å². The van der Waals surface area contributed by atoms with Crippen molar-refractivity contribution < 1.29 is 4.79 Å². The van der Waals surface area contributed by atoms with E-state index in [-0.39, 0.29) is 6.03 Å². The van der Waals surface area contributed by atoms with Gasteiger partial charge in [-0.1, -0.05) is 11.6 Å². The second kappa shape index (κ2) is 5.81. The van der Waals surface area contributed by atoms with Gasteiger partial charge in [-0.15, -0.1) is 11.3 Å². The SMILES string of the molecule is O=C(/N=c1\sccn1-c1ccc(Cl)cc1)N1CCCC1. The summed E-state index contributed by atoms with van der Waals surface area (Å²) in [4.78, 5) is 18.8. The molecule has 20 heavy (non-hydrogen) atoms. The maximum atomic E-state index is 12.1. The van der Waals surface area contributed by atoms with Crippen LogP contribution in [-0.2, 0) is 0 Å². The normalized spacial score (nSPS) is 15.8. The second-order valence-corrected chi connectivity index (χ2v) is 5.93. The van der Waals surface area contributed by atoms with Crippen LogP contribution in [0.25, 0.3) is 5.69 Å². The fraction of sp³-hybridized carbons (Fsp3) is 0.286. The Morgan fingerprint density at radius 3 is 2.60 bits per heavy atom. The van der Waals surface area contributed by atoms with Crippen LogP contribution in [0.15, 0.2) is 40.8 Å². The van der Waals surface area contributed by atoms with E-state index in [0.29, 0.717) is 9.82 Å². The number of hydrogen-bond acceptors (Lipinski definition) is 2. The summed E-state index contributed by atoms with van der Waals surface area (Å²) in [5, 5.41) is 2.61. The first kappa shape index (κ1) is 13.4. The van der Waals surface area contributed by atoms with Crippen molar-refractivity contribution in [2.24, 2.45) is 4.99 Å². The van der Waals surface area contributed by atoms with Crippen LogP contribution >= 0.6 is 22.9 Å². The van der Waals surface area contributed by atoms with E-state index in [9.17, 15) is 4.79 Å². The Morgan fingerprint density at radius 2 is 1.90 bits per heavy atom. The molecule has 0 bridgehead atoms. The first-order valence-electron chi connectivity index (χ1n) is 6.50. The third-order valence-corrected chi connectivity index (χ3v) is 4.27. The smallest absolute Gasteiger partial charge is 0.323 e. The Balaban J connectivity index is 1.93. The Bertz CT molecular complexity index is 668. The van der Waals surface area contributed by atoms with Crippen molar-refractivity contribution >= 4 is 29.0 Å². The van der Waals surface area contributed by atoms with Gasteiger partial charge in [-0.3, -0.25) is 4.57 Å². The monoisotopic (exact) mass is 307 g/mol. The van der Waals surface area contributed by atoms with Gasteiger partial charge >= 0.3 is 6.03 Å². The Morgan fingerprint density at radius 1 is 1.20 bits per heavy atom. The van der Waals surface area contributed by atoms with Crippen LogP contribution < -0.4 is 4.80 Å². The number of urea groups is 1. The van der Waals surface area contributed by atoms with E-state index < -0.39 is 0 Å². The molecule has 1 aromatic carbocycles. The van der Waals surface area contributed by atoms with Crippen LogP contribution in [0.4, 0.5) is 4.79 Å². The fourth-order valence-electron chi connectivity index (χ4n) is 2.21. The molecule has 0 radical (unpaired) electrons. The average Bonchev–Trinajstić information content (AvgIpc) is 3.10. The van der Waals surface area contributed by atoms with Gasteiger partial charge in [0.25, 0.3) is 0 Å². The molecule has 1 saturated heterocycles. The average molecular weight is 308 g/mol. The molecule has 2 heterocycles. The fourth-order valence-corrected chi connectivity index (χ4v) is 3.05.